The molecule has 1 aromatic carbocycles. The van der Waals surface area contributed by atoms with Crippen LogP contribution in [0, 0.1) is 0 Å². The number of H-pyrrole nitrogens is 1. The monoisotopic (exact) mass is 612 g/mol. The Kier molecular flexibility index (Phi) is 7.98. The maximum atomic E-state index is 13.5. The van der Waals surface area contributed by atoms with Gasteiger partial charge >= 0.3 is 0 Å². The molecule has 0 bridgehead atoms. The Morgan fingerprint density at radius 1 is 0.956 bits per heavy atom. The summed E-state index contributed by atoms with van der Waals surface area (Å²) in [6.45, 7) is 3.44. The molecule has 7 rings (SSSR count). The molecule has 4 aromatic rings. The summed E-state index contributed by atoms with van der Waals surface area (Å²) in [6, 6.07) is 9.51. The van der Waals surface area contributed by atoms with E-state index in [1.165, 1.54) is 12.4 Å². The average Bonchev–Trinajstić information content (AvgIpc) is 3.67. The summed E-state index contributed by atoms with van der Waals surface area (Å²) in [5.41, 5.74) is 2.24. The van der Waals surface area contributed by atoms with Crippen molar-refractivity contribution in [3.05, 3.63) is 54.6 Å². The van der Waals surface area contributed by atoms with E-state index in [4.69, 9.17) is 24.4 Å². The van der Waals surface area contributed by atoms with Gasteiger partial charge in [0.25, 0.3) is 0 Å². The third-order valence-corrected chi connectivity index (χ3v) is 8.44. The highest BCUT2D eigenvalue weighted by Gasteiger charge is 2.39. The molecule has 3 fully saturated rings. The van der Waals surface area contributed by atoms with E-state index >= 15 is 0 Å². The number of hydrogen-bond acceptors (Lipinski definition) is 13. The maximum absolute atomic E-state index is 13.5. The standard InChI is InChI=1S/C30H36N12O3/c1-44-21-7-5-20(6-8-21)40-11-13-41(14-12-40)29-35-28(34-25-16-23(38-39-25)19-3-4-19)36-30(37-29)42-18-22(45-2)15-24(42)27(43)33-26-17-31-9-10-32-26/h5-10,16-17,19,22,24H,3-4,11-15,18H2,1-2H3,(H,32,33,43)(H2,34,35,36,37,38,39)/t22-,24-/m0/s1. The zero-order valence-corrected chi connectivity index (χ0v) is 25.3. The lowest BCUT2D eigenvalue weighted by Gasteiger charge is -2.36. The molecule has 1 aliphatic carbocycles. The van der Waals surface area contributed by atoms with E-state index in [0.717, 1.165) is 43.1 Å². The van der Waals surface area contributed by atoms with Gasteiger partial charge in [0.15, 0.2) is 11.6 Å². The molecule has 15 nitrogen and oxygen atoms in total. The van der Waals surface area contributed by atoms with Gasteiger partial charge in [-0.3, -0.25) is 14.9 Å². The van der Waals surface area contributed by atoms with Crippen LogP contribution in [0.3, 0.4) is 0 Å². The molecule has 3 aliphatic rings. The summed E-state index contributed by atoms with van der Waals surface area (Å²) in [6.07, 6.45) is 7.23. The largest absolute Gasteiger partial charge is 0.497 e. The van der Waals surface area contributed by atoms with Gasteiger partial charge in [-0.25, -0.2) is 4.98 Å². The number of carbonyl (C=O) groups excluding carboxylic acids is 1. The van der Waals surface area contributed by atoms with E-state index in [9.17, 15) is 4.79 Å². The number of aromatic amines is 1. The van der Waals surface area contributed by atoms with Gasteiger partial charge in [-0.05, 0) is 37.1 Å². The van der Waals surface area contributed by atoms with Gasteiger partial charge < -0.3 is 34.8 Å². The van der Waals surface area contributed by atoms with Crippen LogP contribution in [0.4, 0.5) is 35.2 Å². The lowest BCUT2D eigenvalue weighted by atomic mass is 10.2. The molecule has 5 heterocycles. The summed E-state index contributed by atoms with van der Waals surface area (Å²) < 4.78 is 11.0. The second kappa shape index (κ2) is 12.5. The first-order valence-electron chi connectivity index (χ1n) is 15.1. The van der Waals surface area contributed by atoms with Crippen LogP contribution in [0.25, 0.3) is 0 Å². The van der Waals surface area contributed by atoms with Crippen molar-refractivity contribution in [3.63, 3.8) is 0 Å². The van der Waals surface area contributed by atoms with Crippen molar-refractivity contribution in [2.24, 2.45) is 0 Å². The van der Waals surface area contributed by atoms with E-state index in [1.54, 1.807) is 20.4 Å². The second-order valence-electron chi connectivity index (χ2n) is 11.4. The molecule has 3 N–H and O–H groups in total. The van der Waals surface area contributed by atoms with E-state index < -0.39 is 6.04 Å². The third kappa shape index (κ3) is 6.43. The fraction of sp³-hybridized carbons (Fsp3) is 0.433. The van der Waals surface area contributed by atoms with Gasteiger partial charge in [-0.15, -0.1) is 0 Å². The van der Waals surface area contributed by atoms with Crippen LogP contribution in [0.2, 0.25) is 0 Å². The molecule has 2 atom stereocenters. The Morgan fingerprint density at radius 3 is 2.44 bits per heavy atom. The Bertz CT molecular complexity index is 1610. The SMILES string of the molecule is COc1ccc(N2CCN(c3nc(Nc4cc(C5CC5)[nH]n4)nc(N4C[C@@H](OC)C[C@H]4C(=O)Nc4cnccn4)n3)CC2)cc1. The number of benzene rings is 1. The van der Waals surface area contributed by atoms with E-state index in [1.807, 2.05) is 23.1 Å². The number of aromatic nitrogens is 7. The number of rotatable bonds is 10. The molecule has 2 aliphatic heterocycles. The molecule has 1 saturated carbocycles. The van der Waals surface area contributed by atoms with Gasteiger partial charge in [0.1, 0.15) is 11.8 Å². The Labute approximate surface area is 260 Å². The lowest BCUT2D eigenvalue weighted by Crippen LogP contribution is -2.47. The van der Waals surface area contributed by atoms with E-state index in [0.29, 0.717) is 61.5 Å². The fourth-order valence-corrected chi connectivity index (χ4v) is 5.77. The van der Waals surface area contributed by atoms with Crippen molar-refractivity contribution in [2.75, 3.05) is 72.3 Å². The van der Waals surface area contributed by atoms with E-state index in [2.05, 4.69) is 52.7 Å². The number of hydrogen-bond donors (Lipinski definition) is 3. The molecule has 0 unspecified atom stereocenters. The zero-order chi connectivity index (χ0) is 30.8. The summed E-state index contributed by atoms with van der Waals surface area (Å²) in [5.74, 6) is 3.41. The summed E-state index contributed by atoms with van der Waals surface area (Å²) in [7, 11) is 3.32. The van der Waals surface area contributed by atoms with Crippen LogP contribution in [0.1, 0.15) is 30.9 Å². The molecule has 234 valence electrons. The Balaban J connectivity index is 1.15. The number of amides is 1. The van der Waals surface area contributed by atoms with Crippen LogP contribution in [-0.2, 0) is 9.53 Å². The summed E-state index contributed by atoms with van der Waals surface area (Å²) in [4.78, 5) is 42.6. The quantitative estimate of drug-likeness (QED) is 0.240. The van der Waals surface area contributed by atoms with Gasteiger partial charge in [-0.2, -0.15) is 20.1 Å². The molecule has 2 saturated heterocycles. The minimum absolute atomic E-state index is 0.181. The van der Waals surface area contributed by atoms with Crippen LogP contribution < -0.4 is 30.1 Å². The predicted molar refractivity (Wildman–Crippen MR) is 168 cm³/mol. The maximum Gasteiger partial charge on any atom is 0.248 e. The highest BCUT2D eigenvalue weighted by atomic mass is 16.5. The first-order chi connectivity index (χ1) is 22.1. The number of nitrogens with zero attached hydrogens (tertiary/aromatic N) is 9. The number of ether oxygens (including phenoxy) is 2. The topological polar surface area (TPSA) is 162 Å². The highest BCUT2D eigenvalue weighted by Crippen LogP contribution is 2.39. The van der Waals surface area contributed by atoms with Gasteiger partial charge in [0.2, 0.25) is 23.8 Å². The van der Waals surface area contributed by atoms with Crippen molar-refractivity contribution in [3.8, 4) is 5.75 Å². The van der Waals surface area contributed by atoms with Crippen LogP contribution in [0.5, 0.6) is 5.75 Å². The van der Waals surface area contributed by atoms with Crippen LogP contribution in [0.15, 0.2) is 48.9 Å². The predicted octanol–water partition coefficient (Wildman–Crippen LogP) is 2.57. The van der Waals surface area contributed by atoms with Crippen molar-refractivity contribution in [2.45, 2.75) is 37.3 Å². The van der Waals surface area contributed by atoms with Crippen LogP contribution in [-0.4, -0.2) is 100 Å². The van der Waals surface area contributed by atoms with Crippen molar-refractivity contribution in [1.82, 2.24) is 35.1 Å². The first kappa shape index (κ1) is 28.7. The van der Waals surface area contributed by atoms with E-state index in [-0.39, 0.29) is 12.0 Å². The van der Waals surface area contributed by atoms with Crippen LogP contribution >= 0.6 is 0 Å². The number of methoxy groups -OCH3 is 2. The van der Waals surface area contributed by atoms with Gasteiger partial charge in [0.05, 0.1) is 19.4 Å². The summed E-state index contributed by atoms with van der Waals surface area (Å²) >= 11 is 0. The average molecular weight is 613 g/mol. The number of piperazine rings is 1. The molecule has 0 spiro atoms. The highest BCUT2D eigenvalue weighted by molar-refractivity contribution is 5.96. The molecular weight excluding hydrogens is 576 g/mol. The molecule has 3 aromatic heterocycles. The number of anilines is 6. The molecule has 1 amide bonds. The minimum Gasteiger partial charge on any atom is -0.497 e. The Morgan fingerprint density at radius 2 is 1.73 bits per heavy atom. The first-order valence-corrected chi connectivity index (χ1v) is 15.1. The third-order valence-electron chi connectivity index (χ3n) is 8.44. The molecule has 45 heavy (non-hydrogen) atoms. The molecule has 15 heteroatoms. The molecular formula is C30H36N12O3. The van der Waals surface area contributed by atoms with Gasteiger partial charge in [-0.1, -0.05) is 0 Å². The summed E-state index contributed by atoms with van der Waals surface area (Å²) in [5, 5.41) is 13.7. The van der Waals surface area contributed by atoms with Gasteiger partial charge in [0, 0.05) is 82.0 Å². The number of carbonyl (C=O) groups is 1. The number of nitrogens with one attached hydrogen (secondary N) is 3. The van der Waals surface area contributed by atoms with Crippen molar-refractivity contribution in [1.29, 1.82) is 0 Å². The Hall–Kier alpha value is -5.05. The second-order valence-corrected chi connectivity index (χ2v) is 11.4. The van der Waals surface area contributed by atoms with Crippen molar-refractivity contribution >= 4 is 41.1 Å². The lowest BCUT2D eigenvalue weighted by molar-refractivity contribution is -0.117. The van der Waals surface area contributed by atoms with Crippen molar-refractivity contribution < 1.29 is 14.3 Å². The molecule has 0 radical (unpaired) electrons. The minimum atomic E-state index is -0.584. The normalized spacial score (nSPS) is 19.9. The smallest absolute Gasteiger partial charge is 0.248 e. The fourth-order valence-electron chi connectivity index (χ4n) is 5.77. The zero-order valence-electron chi connectivity index (χ0n) is 25.3.